The largest absolute Gasteiger partial charge is 0.479 e. The van der Waals surface area contributed by atoms with Gasteiger partial charge in [0.2, 0.25) is 23.6 Å². The first-order chi connectivity index (χ1) is 38.1. The van der Waals surface area contributed by atoms with Gasteiger partial charge < -0.3 is 44.9 Å². The predicted molar refractivity (Wildman–Crippen MR) is 323 cm³/mol. The quantitative estimate of drug-likeness (QED) is 0.0950. The number of nitrogens with one attached hydrogen (secondary N) is 3. The molecule has 0 aromatic carbocycles. The Hall–Kier alpha value is -9.44. The lowest BCUT2D eigenvalue weighted by molar-refractivity contribution is -0.114. The standard InChI is InChI=1S/C11H16N4O.C9H13N5O.C9H12N4O.C9H13N3O2.C7H11N3O.C7H10N2O2.2CH4/c1-5-16-11-9-10(13-8(4)14-11)15(6-12-9)7(2)3;1-5(2)14-4-11-6-7(14)12-9(10)13-8(6)15-3;1-5(2)13-4-10-7-8(13)11-6(3)12-9(7)14;1-6(2)12-5-4-8(10-7(3)13)11-9(12)14;1-5(2)10-4-3-6(8)9-7(10)11;1-5(2)9-4-3-6(10)8-7(9)11;;/h6-7H,5H2,1-4H3;4-5H,1-3H3,(H2,10,12,13);4-5H,1-3H3,(H,11,12,14);4-6H,1-3H3,(H,10,11,13,14);3-5H,1-2H3,(H2,8,9,11);3-5H,1-2H3,(H,8,10,11);2*1H4. The van der Waals surface area contributed by atoms with E-state index in [-0.39, 0.29) is 90.9 Å². The Labute approximate surface area is 480 Å². The summed E-state index contributed by atoms with van der Waals surface area (Å²) in [5.74, 6) is 2.83. The van der Waals surface area contributed by atoms with Crippen LogP contribution in [0.5, 0.6) is 11.8 Å². The van der Waals surface area contributed by atoms with Crippen molar-refractivity contribution in [1.29, 1.82) is 0 Å². The maximum absolute atomic E-state index is 11.5. The molecule has 0 fully saturated rings. The number of carbonyl (C=O) groups excluding carboxylic acids is 1. The van der Waals surface area contributed by atoms with Gasteiger partial charge in [0, 0.05) is 67.8 Å². The van der Waals surface area contributed by atoms with Crippen LogP contribution in [0.1, 0.15) is 160 Å². The van der Waals surface area contributed by atoms with Gasteiger partial charge in [-0.1, -0.05) is 14.9 Å². The predicted octanol–water partition coefficient (Wildman–Crippen LogP) is 6.70. The van der Waals surface area contributed by atoms with E-state index in [1.165, 1.54) is 40.0 Å². The lowest BCUT2D eigenvalue weighted by Crippen LogP contribution is -2.29. The number of hydrogen-bond donors (Lipinski definition) is 5. The third-order valence-electron chi connectivity index (χ3n) is 11.1. The molecule has 1 amide bonds. The Morgan fingerprint density at radius 3 is 1.48 bits per heavy atom. The molecule has 7 N–H and O–H groups in total. The van der Waals surface area contributed by atoms with Crippen LogP contribution in [0.4, 0.5) is 17.6 Å². The summed E-state index contributed by atoms with van der Waals surface area (Å²) in [6.07, 6.45) is 9.90. The molecule has 9 aromatic heterocycles. The number of aromatic nitrogens is 18. The van der Waals surface area contributed by atoms with Crippen LogP contribution < -0.4 is 54.4 Å². The molecule has 9 aromatic rings. The number of nitrogens with zero attached hydrogens (tertiary/aromatic N) is 16. The number of nitrogen functional groups attached to an aromatic ring is 2. The minimum atomic E-state index is -0.355. The number of nitrogens with two attached hydrogens (primary N) is 2. The van der Waals surface area contributed by atoms with Crippen LogP contribution in [0, 0.1) is 13.8 Å². The average molecular weight is 1150 g/mol. The van der Waals surface area contributed by atoms with Gasteiger partial charge in [-0.15, -0.1) is 0 Å². The van der Waals surface area contributed by atoms with Gasteiger partial charge in [0.15, 0.2) is 33.5 Å². The fraction of sp³-hybridized carbons (Fsp3) is 0.481. The zero-order valence-corrected chi connectivity index (χ0v) is 48.9. The van der Waals surface area contributed by atoms with Crippen LogP contribution in [0.3, 0.4) is 0 Å². The van der Waals surface area contributed by atoms with E-state index in [1.54, 1.807) is 50.4 Å². The molecule has 9 heterocycles. The van der Waals surface area contributed by atoms with Gasteiger partial charge in [0.05, 0.1) is 32.7 Å². The van der Waals surface area contributed by atoms with Crippen molar-refractivity contribution >= 4 is 57.0 Å². The Kier molecular flexibility index (Phi) is 26.5. The molecule has 0 bridgehead atoms. The van der Waals surface area contributed by atoms with E-state index in [2.05, 4.69) is 79.0 Å². The molecule has 0 aliphatic heterocycles. The van der Waals surface area contributed by atoms with E-state index in [0.717, 1.165) is 11.2 Å². The highest BCUT2D eigenvalue weighted by atomic mass is 16.5. The fourth-order valence-electron chi connectivity index (χ4n) is 7.16. The molecule has 9 rings (SSSR count). The maximum atomic E-state index is 11.5. The zero-order valence-electron chi connectivity index (χ0n) is 48.9. The number of ether oxygens (including phenoxy) is 2. The Morgan fingerprint density at radius 2 is 1.02 bits per heavy atom. The molecule has 0 saturated carbocycles. The highest BCUT2D eigenvalue weighted by molar-refractivity contribution is 5.87. The number of anilines is 3. The van der Waals surface area contributed by atoms with Gasteiger partial charge in [-0.05, 0) is 116 Å². The monoisotopic (exact) mass is 1150 g/mol. The van der Waals surface area contributed by atoms with E-state index >= 15 is 0 Å². The summed E-state index contributed by atoms with van der Waals surface area (Å²) in [7, 11) is 1.54. The van der Waals surface area contributed by atoms with Crippen LogP contribution in [-0.2, 0) is 4.79 Å². The van der Waals surface area contributed by atoms with Crippen LogP contribution in [0.15, 0.2) is 79.7 Å². The van der Waals surface area contributed by atoms with Crippen molar-refractivity contribution in [2.45, 2.75) is 162 Å². The van der Waals surface area contributed by atoms with Crippen LogP contribution in [-0.4, -0.2) is 107 Å². The molecule has 0 atom stereocenters. The summed E-state index contributed by atoms with van der Waals surface area (Å²) >= 11 is 0. The minimum absolute atomic E-state index is 0. The van der Waals surface area contributed by atoms with Gasteiger partial charge in [-0.3, -0.25) is 33.1 Å². The van der Waals surface area contributed by atoms with Gasteiger partial charge in [-0.2, -0.15) is 24.9 Å². The van der Waals surface area contributed by atoms with E-state index in [1.807, 2.05) is 96.8 Å². The summed E-state index contributed by atoms with van der Waals surface area (Å²) < 4.78 is 20.9. The number of aryl methyl sites for hydroxylation is 2. The number of imidazole rings is 3. The highest BCUT2D eigenvalue weighted by Crippen LogP contribution is 2.25. The molecule has 452 valence electrons. The molecule has 0 radical (unpaired) electrons. The molecule has 0 unspecified atom stereocenters. The molecular formula is C54H83N21O8. The van der Waals surface area contributed by atoms with Crippen LogP contribution in [0.25, 0.3) is 33.5 Å². The molecule has 0 aliphatic carbocycles. The van der Waals surface area contributed by atoms with Crippen molar-refractivity contribution in [3.05, 3.63) is 120 Å². The molecule has 83 heavy (non-hydrogen) atoms. The Bertz CT molecular complexity index is 3840. The number of hydrogen-bond acceptors (Lipinski definition) is 20. The van der Waals surface area contributed by atoms with E-state index in [9.17, 15) is 28.8 Å². The van der Waals surface area contributed by atoms with Gasteiger partial charge in [0.1, 0.15) is 23.3 Å². The molecule has 0 spiro atoms. The first-order valence-corrected chi connectivity index (χ1v) is 25.9. The molecule has 0 saturated heterocycles. The van der Waals surface area contributed by atoms with Crippen molar-refractivity contribution in [3.63, 3.8) is 0 Å². The maximum Gasteiger partial charge on any atom is 0.349 e. The second kappa shape index (κ2) is 31.5. The van der Waals surface area contributed by atoms with Crippen molar-refractivity contribution in [2.24, 2.45) is 0 Å². The van der Waals surface area contributed by atoms with Gasteiger partial charge in [-0.25, -0.2) is 39.3 Å². The van der Waals surface area contributed by atoms with Crippen LogP contribution >= 0.6 is 0 Å². The highest BCUT2D eigenvalue weighted by Gasteiger charge is 2.16. The Morgan fingerprint density at radius 1 is 0.566 bits per heavy atom. The lowest BCUT2D eigenvalue weighted by atomic mass is 10.4. The van der Waals surface area contributed by atoms with Gasteiger partial charge in [0.25, 0.3) is 11.1 Å². The van der Waals surface area contributed by atoms with Crippen molar-refractivity contribution in [2.75, 3.05) is 30.5 Å². The Balaban J connectivity index is 0.000000340. The number of aromatic amines is 2. The third kappa shape index (κ3) is 19.1. The van der Waals surface area contributed by atoms with Crippen molar-refractivity contribution < 1.29 is 14.3 Å². The topological polar surface area (TPSA) is 375 Å². The first-order valence-electron chi connectivity index (χ1n) is 25.9. The summed E-state index contributed by atoms with van der Waals surface area (Å²) in [5, 5.41) is 2.45. The van der Waals surface area contributed by atoms with E-state index < -0.39 is 0 Å². The summed E-state index contributed by atoms with van der Waals surface area (Å²) in [5.41, 5.74) is 13.3. The van der Waals surface area contributed by atoms with Gasteiger partial charge >= 0.3 is 17.1 Å². The van der Waals surface area contributed by atoms with E-state index in [4.69, 9.17) is 20.9 Å². The number of amides is 1. The summed E-state index contributed by atoms with van der Waals surface area (Å²) in [6.45, 7) is 31.2. The molecule has 29 nitrogen and oxygen atoms in total. The molecule has 0 aliphatic rings. The fourth-order valence-corrected chi connectivity index (χ4v) is 7.16. The van der Waals surface area contributed by atoms with E-state index in [0.29, 0.717) is 64.2 Å². The van der Waals surface area contributed by atoms with Crippen LogP contribution in [0.2, 0.25) is 0 Å². The number of H-pyrrole nitrogens is 2. The smallest absolute Gasteiger partial charge is 0.349 e. The average Bonchev–Trinajstić information content (AvgIpc) is 3.93. The minimum Gasteiger partial charge on any atom is -0.479 e. The second-order valence-electron chi connectivity index (χ2n) is 19.5. The second-order valence-corrected chi connectivity index (χ2v) is 19.5. The first kappa shape index (κ1) is 69.7. The SMILES string of the molecule is C.C.CC(=O)Nc1ccn(C(C)C)c(=O)n1.CC(C)n1ccc(=O)[nH]c1=O.CC(C)n1ccc(N)nc1=O.CCOc1nc(C)nc2c1ncn2C(C)C.COc1nc(N)nc2c1ncn2C(C)C.Cc1nc2c(ncn2C(C)C)c(=O)[nH]1. The zero-order chi connectivity index (χ0) is 60.6. The number of fused-ring (bicyclic) bond motifs is 3. The number of rotatable bonds is 10. The number of carbonyl (C=O) groups is 1. The normalized spacial score (nSPS) is 10.6. The lowest BCUT2D eigenvalue weighted by Gasteiger charge is -2.08. The number of methoxy groups -OCH3 is 1. The third-order valence-corrected chi connectivity index (χ3v) is 11.1. The van der Waals surface area contributed by atoms with Crippen molar-refractivity contribution in [3.8, 4) is 11.8 Å². The summed E-state index contributed by atoms with van der Waals surface area (Å²) in [6, 6.07) is 5.69. The molecule has 29 heteroatoms. The van der Waals surface area contributed by atoms with Crippen molar-refractivity contribution in [1.82, 2.24) is 87.2 Å². The summed E-state index contributed by atoms with van der Waals surface area (Å²) in [4.78, 5) is 112. The molecular weight excluding hydrogens is 1070 g/mol.